The van der Waals surface area contributed by atoms with Crippen LogP contribution >= 0.6 is 0 Å². The molecule has 1 aromatic rings. The highest BCUT2D eigenvalue weighted by Crippen LogP contribution is 2.22. The van der Waals surface area contributed by atoms with Crippen LogP contribution in [0.5, 0.6) is 5.75 Å². The highest BCUT2D eigenvalue weighted by atomic mass is 16.6. The molecule has 0 aromatic heterocycles. The number of carbonyl (C=O) groups excluding carboxylic acids is 2. The van der Waals surface area contributed by atoms with Crippen molar-refractivity contribution < 1.29 is 29.3 Å². The predicted molar refractivity (Wildman–Crippen MR) is 109 cm³/mol. The van der Waals surface area contributed by atoms with Gasteiger partial charge in [0.05, 0.1) is 0 Å². The molecule has 0 bridgehead atoms. The molecule has 2 amide bonds. The minimum Gasteiger partial charge on any atom is -0.508 e. The molecule has 10 nitrogen and oxygen atoms in total. The maximum Gasteiger partial charge on any atom is 0.336 e. The number of epoxide rings is 1. The van der Waals surface area contributed by atoms with Gasteiger partial charge in [0.25, 0.3) is 5.91 Å². The Balaban J connectivity index is 1.83. The molecule has 0 aliphatic carbocycles. The summed E-state index contributed by atoms with van der Waals surface area (Å²) in [5.74, 6) is -2.12. The molecule has 166 valence electrons. The Kier molecular flexibility index (Phi) is 9.52. The highest BCUT2D eigenvalue weighted by Gasteiger charge is 2.51. The Morgan fingerprint density at radius 2 is 1.73 bits per heavy atom. The van der Waals surface area contributed by atoms with Gasteiger partial charge in [-0.1, -0.05) is 12.1 Å². The van der Waals surface area contributed by atoms with Crippen LogP contribution in [-0.4, -0.2) is 72.4 Å². The molecule has 0 saturated carbocycles. The number of aromatic hydroxyl groups is 1. The van der Waals surface area contributed by atoms with Crippen LogP contribution in [-0.2, 0) is 25.5 Å². The second-order valence-corrected chi connectivity index (χ2v) is 7.14. The van der Waals surface area contributed by atoms with Crippen molar-refractivity contribution in [2.45, 2.75) is 43.9 Å². The number of ether oxygens (including phenoxy) is 1. The molecule has 1 aliphatic heterocycles. The second-order valence-electron chi connectivity index (χ2n) is 7.14. The summed E-state index contributed by atoms with van der Waals surface area (Å²) in [6, 6.07) is 5.40. The number of nitrogens with two attached hydrogens (primary N) is 1. The zero-order valence-electron chi connectivity index (χ0n) is 16.8. The Hall–Kier alpha value is -2.69. The van der Waals surface area contributed by atoms with Crippen molar-refractivity contribution in [3.63, 3.8) is 0 Å². The van der Waals surface area contributed by atoms with Gasteiger partial charge in [-0.25, -0.2) is 4.79 Å². The van der Waals surface area contributed by atoms with Crippen LogP contribution in [0.25, 0.3) is 0 Å². The molecule has 1 heterocycles. The van der Waals surface area contributed by atoms with Crippen LogP contribution in [0.2, 0.25) is 0 Å². The fourth-order valence-corrected chi connectivity index (χ4v) is 2.90. The topological polar surface area (TPSA) is 166 Å². The van der Waals surface area contributed by atoms with Gasteiger partial charge < -0.3 is 36.6 Å². The van der Waals surface area contributed by atoms with Crippen LogP contribution in [0.4, 0.5) is 0 Å². The lowest BCUT2D eigenvalue weighted by Crippen LogP contribution is -2.50. The number of hydrogen-bond acceptors (Lipinski definition) is 7. The van der Waals surface area contributed by atoms with Crippen LogP contribution in [0, 0.1) is 0 Å². The SMILES string of the molecule is NCCCCNCCCNC(=O)[C@H](Cc1ccc(O)cc1)NC(=O)[C@@H]1O[C@H]1C(=O)O. The number of amides is 2. The first-order chi connectivity index (χ1) is 14.4. The number of rotatable bonds is 14. The van der Waals surface area contributed by atoms with Gasteiger partial charge in [-0.2, -0.15) is 0 Å². The van der Waals surface area contributed by atoms with Crippen LogP contribution in [0.1, 0.15) is 24.8 Å². The van der Waals surface area contributed by atoms with Gasteiger partial charge in [-0.05, 0) is 56.6 Å². The molecule has 2 rings (SSSR count). The second kappa shape index (κ2) is 12.1. The molecule has 10 heteroatoms. The molecule has 0 spiro atoms. The zero-order valence-corrected chi connectivity index (χ0v) is 16.8. The van der Waals surface area contributed by atoms with E-state index in [0.29, 0.717) is 13.1 Å². The Morgan fingerprint density at radius 1 is 1.03 bits per heavy atom. The minimum absolute atomic E-state index is 0.0958. The van der Waals surface area contributed by atoms with E-state index >= 15 is 0 Å². The van der Waals surface area contributed by atoms with Crippen molar-refractivity contribution in [1.29, 1.82) is 0 Å². The lowest BCUT2D eigenvalue weighted by Gasteiger charge is -2.18. The van der Waals surface area contributed by atoms with E-state index in [-0.39, 0.29) is 18.1 Å². The lowest BCUT2D eigenvalue weighted by molar-refractivity contribution is -0.138. The summed E-state index contributed by atoms with van der Waals surface area (Å²) < 4.78 is 4.85. The summed E-state index contributed by atoms with van der Waals surface area (Å²) in [6.45, 7) is 2.72. The number of carbonyl (C=O) groups is 3. The molecule has 3 atom stereocenters. The number of unbranched alkanes of at least 4 members (excludes halogenated alkanes) is 1. The van der Waals surface area contributed by atoms with Crippen molar-refractivity contribution >= 4 is 17.8 Å². The predicted octanol–water partition coefficient (Wildman–Crippen LogP) is -0.894. The number of hydrogen-bond donors (Lipinski definition) is 6. The molecule has 7 N–H and O–H groups in total. The zero-order chi connectivity index (χ0) is 21.9. The Bertz CT molecular complexity index is 712. The quantitative estimate of drug-likeness (QED) is 0.166. The summed E-state index contributed by atoms with van der Waals surface area (Å²) in [6.07, 6.45) is 0.629. The number of phenols is 1. The Morgan fingerprint density at radius 3 is 2.37 bits per heavy atom. The number of aliphatic carboxylic acids is 1. The van der Waals surface area contributed by atoms with Crippen LogP contribution in [0.15, 0.2) is 24.3 Å². The molecule has 1 saturated heterocycles. The van der Waals surface area contributed by atoms with E-state index in [1.807, 2.05) is 0 Å². The first kappa shape index (κ1) is 23.6. The van der Waals surface area contributed by atoms with Gasteiger partial charge in [0.15, 0.2) is 12.2 Å². The number of carboxylic acids is 1. The first-order valence-corrected chi connectivity index (χ1v) is 10.1. The average molecular weight is 422 g/mol. The average Bonchev–Trinajstić information content (AvgIpc) is 3.52. The molecule has 0 unspecified atom stereocenters. The van der Waals surface area contributed by atoms with E-state index in [1.54, 1.807) is 12.1 Å². The smallest absolute Gasteiger partial charge is 0.336 e. The van der Waals surface area contributed by atoms with E-state index in [1.165, 1.54) is 12.1 Å². The summed E-state index contributed by atoms with van der Waals surface area (Å²) in [4.78, 5) is 35.7. The van der Waals surface area contributed by atoms with Crippen molar-refractivity contribution in [1.82, 2.24) is 16.0 Å². The normalized spacial score (nSPS) is 18.4. The summed E-state index contributed by atoms with van der Waals surface area (Å²) >= 11 is 0. The monoisotopic (exact) mass is 422 g/mol. The van der Waals surface area contributed by atoms with Gasteiger partial charge in [0.1, 0.15) is 11.8 Å². The maximum absolute atomic E-state index is 12.6. The molecule has 0 radical (unpaired) electrons. The third-order valence-corrected chi connectivity index (χ3v) is 4.64. The largest absolute Gasteiger partial charge is 0.508 e. The van der Waals surface area contributed by atoms with Crippen molar-refractivity contribution in [2.24, 2.45) is 5.73 Å². The van der Waals surface area contributed by atoms with E-state index in [4.69, 9.17) is 15.6 Å². The lowest BCUT2D eigenvalue weighted by atomic mass is 10.0. The fraction of sp³-hybridized carbons (Fsp3) is 0.550. The minimum atomic E-state index is -1.21. The molecular weight excluding hydrogens is 392 g/mol. The van der Waals surface area contributed by atoms with Crippen LogP contribution < -0.4 is 21.7 Å². The number of benzene rings is 1. The van der Waals surface area contributed by atoms with E-state index in [0.717, 1.165) is 37.9 Å². The van der Waals surface area contributed by atoms with Crippen molar-refractivity contribution in [2.75, 3.05) is 26.2 Å². The summed E-state index contributed by atoms with van der Waals surface area (Å²) in [5, 5.41) is 26.9. The van der Waals surface area contributed by atoms with E-state index in [9.17, 15) is 19.5 Å². The molecule has 1 aromatic carbocycles. The highest BCUT2D eigenvalue weighted by molar-refractivity contribution is 5.95. The standard InChI is InChI=1S/C20H30N4O6/c21-8-1-2-9-22-10-3-11-23-18(26)15(12-13-4-6-14(25)7-5-13)24-19(27)16-17(30-16)20(28)29/h4-7,15-17,22,25H,1-3,8-12,21H2,(H,23,26)(H,24,27)(H,28,29)/t15-,16+,17+/m0/s1. The van der Waals surface area contributed by atoms with Gasteiger partial charge in [0, 0.05) is 13.0 Å². The first-order valence-electron chi connectivity index (χ1n) is 10.1. The van der Waals surface area contributed by atoms with Gasteiger partial charge >= 0.3 is 5.97 Å². The molecule has 30 heavy (non-hydrogen) atoms. The van der Waals surface area contributed by atoms with E-state index < -0.39 is 30.1 Å². The van der Waals surface area contributed by atoms with E-state index in [2.05, 4.69) is 16.0 Å². The van der Waals surface area contributed by atoms with Crippen molar-refractivity contribution in [3.05, 3.63) is 29.8 Å². The summed E-state index contributed by atoms with van der Waals surface area (Å²) in [7, 11) is 0. The number of nitrogens with one attached hydrogen (secondary N) is 3. The van der Waals surface area contributed by atoms with Gasteiger partial charge in [-0.15, -0.1) is 0 Å². The third-order valence-electron chi connectivity index (χ3n) is 4.64. The fourth-order valence-electron chi connectivity index (χ4n) is 2.90. The summed E-state index contributed by atoms with van der Waals surface area (Å²) in [5.41, 5.74) is 6.18. The number of carboxylic acid groups (broad SMARTS) is 1. The van der Waals surface area contributed by atoms with Crippen LogP contribution in [0.3, 0.4) is 0 Å². The number of phenolic OH excluding ortho intramolecular Hbond substituents is 1. The Labute approximate surface area is 175 Å². The maximum atomic E-state index is 12.6. The molecular formula is C20H30N4O6. The van der Waals surface area contributed by atoms with Gasteiger partial charge in [-0.3, -0.25) is 9.59 Å². The third kappa shape index (κ3) is 7.97. The molecule has 1 aliphatic rings. The molecule has 1 fully saturated rings. The van der Waals surface area contributed by atoms with Gasteiger partial charge in [0.2, 0.25) is 5.91 Å². The van der Waals surface area contributed by atoms with Crippen molar-refractivity contribution in [3.8, 4) is 5.75 Å².